The zero-order valence-corrected chi connectivity index (χ0v) is 12.0. The van der Waals surface area contributed by atoms with Gasteiger partial charge in [-0.3, -0.25) is 0 Å². The molecule has 1 aliphatic carbocycles. The van der Waals surface area contributed by atoms with Crippen molar-refractivity contribution in [3.63, 3.8) is 0 Å². The molecule has 96 valence electrons. The van der Waals surface area contributed by atoms with E-state index >= 15 is 0 Å². The minimum atomic E-state index is 0.562. The average molecular weight is 225 g/mol. The van der Waals surface area contributed by atoms with Crippen molar-refractivity contribution in [3.05, 3.63) is 0 Å². The average Bonchev–Trinajstić information content (AvgIpc) is 2.29. The van der Waals surface area contributed by atoms with E-state index in [-0.39, 0.29) is 0 Å². The maximum absolute atomic E-state index is 3.58. The van der Waals surface area contributed by atoms with Gasteiger partial charge in [-0.05, 0) is 56.4 Å². The third-order valence-corrected chi connectivity index (χ3v) is 5.02. The van der Waals surface area contributed by atoms with Gasteiger partial charge in [0.15, 0.2) is 0 Å². The first-order chi connectivity index (χ1) is 7.51. The molecule has 1 aliphatic rings. The smallest absolute Gasteiger partial charge is 0.00668 e. The second-order valence-electron chi connectivity index (χ2n) is 6.30. The summed E-state index contributed by atoms with van der Waals surface area (Å²) in [5.41, 5.74) is 0.562. The Morgan fingerprint density at radius 3 is 2.12 bits per heavy atom. The summed E-state index contributed by atoms with van der Waals surface area (Å²) in [5, 5.41) is 3.58. The van der Waals surface area contributed by atoms with E-state index in [1.807, 2.05) is 0 Å². The SMILES string of the molecule is CCNC(C)C1CCC(C(C)(C)CC)CC1. The third-order valence-electron chi connectivity index (χ3n) is 5.02. The summed E-state index contributed by atoms with van der Waals surface area (Å²) >= 11 is 0. The summed E-state index contributed by atoms with van der Waals surface area (Å²) in [6, 6.07) is 0.718. The predicted molar refractivity (Wildman–Crippen MR) is 72.7 cm³/mol. The van der Waals surface area contributed by atoms with Crippen LogP contribution >= 0.6 is 0 Å². The summed E-state index contributed by atoms with van der Waals surface area (Å²) in [6.45, 7) is 12.9. The van der Waals surface area contributed by atoms with Crippen LogP contribution in [0.5, 0.6) is 0 Å². The molecule has 0 aromatic rings. The van der Waals surface area contributed by atoms with Crippen LogP contribution in [0.15, 0.2) is 0 Å². The van der Waals surface area contributed by atoms with E-state index < -0.39 is 0 Å². The van der Waals surface area contributed by atoms with Gasteiger partial charge in [0.1, 0.15) is 0 Å². The molecule has 0 heterocycles. The lowest BCUT2D eigenvalue weighted by molar-refractivity contribution is 0.117. The molecule has 0 saturated heterocycles. The normalized spacial score (nSPS) is 29.1. The second kappa shape index (κ2) is 6.05. The standard InChI is InChI=1S/C15H31N/c1-6-15(4,5)14-10-8-13(9-11-14)12(3)16-7-2/h12-14,16H,6-11H2,1-5H3. The van der Waals surface area contributed by atoms with Crippen LogP contribution in [0.4, 0.5) is 0 Å². The number of hydrogen-bond donors (Lipinski definition) is 1. The molecule has 1 heteroatoms. The van der Waals surface area contributed by atoms with E-state index in [0.29, 0.717) is 5.41 Å². The molecule has 0 bridgehead atoms. The fourth-order valence-electron chi connectivity index (χ4n) is 3.18. The molecule has 1 unspecified atom stereocenters. The van der Waals surface area contributed by atoms with Crippen LogP contribution < -0.4 is 5.32 Å². The van der Waals surface area contributed by atoms with Crippen molar-refractivity contribution < 1.29 is 0 Å². The van der Waals surface area contributed by atoms with Gasteiger partial charge in [0, 0.05) is 6.04 Å². The van der Waals surface area contributed by atoms with Gasteiger partial charge in [-0.1, -0.05) is 34.1 Å². The minimum absolute atomic E-state index is 0.562. The number of rotatable bonds is 5. The lowest BCUT2D eigenvalue weighted by Crippen LogP contribution is -2.37. The van der Waals surface area contributed by atoms with Crippen molar-refractivity contribution >= 4 is 0 Å². The summed E-state index contributed by atoms with van der Waals surface area (Å²) in [4.78, 5) is 0. The van der Waals surface area contributed by atoms with Crippen LogP contribution in [0.25, 0.3) is 0 Å². The quantitative estimate of drug-likeness (QED) is 0.738. The van der Waals surface area contributed by atoms with Crippen LogP contribution in [0.3, 0.4) is 0 Å². The first-order valence-corrected chi connectivity index (χ1v) is 7.24. The molecule has 0 spiro atoms. The highest BCUT2D eigenvalue weighted by Crippen LogP contribution is 2.42. The second-order valence-corrected chi connectivity index (χ2v) is 6.30. The Hall–Kier alpha value is -0.0400. The molecule has 16 heavy (non-hydrogen) atoms. The molecule has 1 rings (SSSR count). The van der Waals surface area contributed by atoms with Crippen molar-refractivity contribution in [2.24, 2.45) is 17.3 Å². The van der Waals surface area contributed by atoms with Gasteiger partial charge >= 0.3 is 0 Å². The fraction of sp³-hybridized carbons (Fsp3) is 1.00. The van der Waals surface area contributed by atoms with E-state index in [1.165, 1.54) is 32.1 Å². The molecule has 1 atom stereocenters. The maximum Gasteiger partial charge on any atom is 0.00668 e. The molecule has 0 aromatic carbocycles. The molecule has 1 nitrogen and oxygen atoms in total. The summed E-state index contributed by atoms with van der Waals surface area (Å²) in [6.07, 6.45) is 7.08. The molecular weight excluding hydrogens is 194 g/mol. The van der Waals surface area contributed by atoms with Crippen molar-refractivity contribution in [1.82, 2.24) is 5.32 Å². The third kappa shape index (κ3) is 3.48. The Bertz CT molecular complexity index is 190. The van der Waals surface area contributed by atoms with Gasteiger partial charge in [-0.25, -0.2) is 0 Å². The van der Waals surface area contributed by atoms with Crippen LogP contribution in [-0.4, -0.2) is 12.6 Å². The molecule has 1 saturated carbocycles. The van der Waals surface area contributed by atoms with Crippen LogP contribution in [0, 0.1) is 17.3 Å². The monoisotopic (exact) mass is 225 g/mol. The van der Waals surface area contributed by atoms with Gasteiger partial charge in [-0.2, -0.15) is 0 Å². The molecule has 0 aliphatic heterocycles. The number of hydrogen-bond acceptors (Lipinski definition) is 1. The van der Waals surface area contributed by atoms with E-state index in [0.717, 1.165) is 24.4 Å². The van der Waals surface area contributed by atoms with Crippen molar-refractivity contribution in [2.45, 2.75) is 72.8 Å². The first-order valence-electron chi connectivity index (χ1n) is 7.24. The van der Waals surface area contributed by atoms with Gasteiger partial charge in [-0.15, -0.1) is 0 Å². The van der Waals surface area contributed by atoms with E-state index in [9.17, 15) is 0 Å². The fourth-order valence-corrected chi connectivity index (χ4v) is 3.18. The highest BCUT2D eigenvalue weighted by Gasteiger charge is 2.32. The molecule has 1 N–H and O–H groups in total. The van der Waals surface area contributed by atoms with Gasteiger partial charge in [0.05, 0.1) is 0 Å². The van der Waals surface area contributed by atoms with Crippen molar-refractivity contribution in [1.29, 1.82) is 0 Å². The Morgan fingerprint density at radius 2 is 1.69 bits per heavy atom. The lowest BCUT2D eigenvalue weighted by atomic mass is 9.67. The minimum Gasteiger partial charge on any atom is -0.314 e. The zero-order valence-electron chi connectivity index (χ0n) is 12.0. The molecule has 0 aromatic heterocycles. The van der Waals surface area contributed by atoms with Crippen LogP contribution in [0.1, 0.15) is 66.7 Å². The summed E-state index contributed by atoms with van der Waals surface area (Å²) < 4.78 is 0. The van der Waals surface area contributed by atoms with Crippen molar-refractivity contribution in [2.75, 3.05) is 6.54 Å². The molecule has 1 fully saturated rings. The van der Waals surface area contributed by atoms with E-state index in [2.05, 4.69) is 39.9 Å². The highest BCUT2D eigenvalue weighted by atomic mass is 14.9. The van der Waals surface area contributed by atoms with Gasteiger partial charge < -0.3 is 5.32 Å². The Labute approximate surface area is 102 Å². The summed E-state index contributed by atoms with van der Waals surface area (Å²) in [7, 11) is 0. The topological polar surface area (TPSA) is 12.0 Å². The Balaban J connectivity index is 2.39. The lowest BCUT2D eigenvalue weighted by Gasteiger charge is -2.40. The molecular formula is C15H31N. The predicted octanol–water partition coefficient (Wildman–Crippen LogP) is 4.23. The Kier molecular flexibility index (Phi) is 5.30. The van der Waals surface area contributed by atoms with E-state index in [1.54, 1.807) is 0 Å². The van der Waals surface area contributed by atoms with Gasteiger partial charge in [0.2, 0.25) is 0 Å². The van der Waals surface area contributed by atoms with Crippen LogP contribution in [0.2, 0.25) is 0 Å². The van der Waals surface area contributed by atoms with Crippen LogP contribution in [-0.2, 0) is 0 Å². The van der Waals surface area contributed by atoms with E-state index in [4.69, 9.17) is 0 Å². The zero-order chi connectivity index (χ0) is 12.2. The highest BCUT2D eigenvalue weighted by molar-refractivity contribution is 4.85. The largest absolute Gasteiger partial charge is 0.314 e. The molecule has 0 amide bonds. The number of nitrogens with one attached hydrogen (secondary N) is 1. The maximum atomic E-state index is 3.58. The first kappa shape index (κ1) is 14.0. The Morgan fingerprint density at radius 1 is 1.12 bits per heavy atom. The van der Waals surface area contributed by atoms with Gasteiger partial charge in [0.25, 0.3) is 0 Å². The molecule has 0 radical (unpaired) electrons. The van der Waals surface area contributed by atoms with Crippen molar-refractivity contribution in [3.8, 4) is 0 Å². The summed E-state index contributed by atoms with van der Waals surface area (Å²) in [5.74, 6) is 1.88.